The number of hydrogen-bond donors (Lipinski definition) is 0. The lowest BCUT2D eigenvalue weighted by molar-refractivity contribution is -0.140. The zero-order valence-electron chi connectivity index (χ0n) is 31.2. The Morgan fingerprint density at radius 1 is 0.458 bits per heavy atom. The van der Waals surface area contributed by atoms with Gasteiger partial charge in [-0.2, -0.15) is 0 Å². The van der Waals surface area contributed by atoms with Crippen molar-refractivity contribution in [3.05, 3.63) is 70.8 Å². The minimum absolute atomic E-state index is 0.0872. The summed E-state index contributed by atoms with van der Waals surface area (Å²) < 4.78 is -0.688. The molecule has 0 N–H and O–H groups in total. The molecule has 1 unspecified atom stereocenters. The quantitative estimate of drug-likeness (QED) is 0.0957. The standard InChI is InChI=1S/C46H70Cl2/c1-3-5-7-9-11-13-15-18-24-39-26-30-41(31-27-39)45(42-32-28-40(29-33-42)25-19-16-14-12-10-8-6-4-2)37-23-22-36-44(45)38-43(46(44,47)48)34-20-17-21-35-43/h26-33H,3-25,34-38H2,1-2H3. The molecular formula is C46H70Cl2. The van der Waals surface area contributed by atoms with Crippen LogP contribution in [0.1, 0.15) is 203 Å². The molecule has 0 saturated heterocycles. The Labute approximate surface area is 306 Å². The van der Waals surface area contributed by atoms with Gasteiger partial charge in [-0.25, -0.2) is 0 Å². The number of unbranched alkanes of at least 4 members (excludes halogenated alkanes) is 14. The largest absolute Gasteiger partial charge is 0.130 e. The van der Waals surface area contributed by atoms with E-state index in [0.29, 0.717) is 0 Å². The van der Waals surface area contributed by atoms with Gasteiger partial charge in [0.2, 0.25) is 0 Å². The summed E-state index contributed by atoms with van der Waals surface area (Å²) in [6.07, 6.45) is 36.7. The molecule has 0 bridgehead atoms. The Hall–Kier alpha value is -0.980. The molecule has 0 aliphatic heterocycles. The molecule has 2 spiro atoms. The fourth-order valence-corrected chi connectivity index (χ4v) is 11.9. The van der Waals surface area contributed by atoms with E-state index in [1.165, 1.54) is 189 Å². The van der Waals surface area contributed by atoms with Crippen molar-refractivity contribution >= 4 is 23.2 Å². The summed E-state index contributed by atoms with van der Waals surface area (Å²) in [5, 5.41) is 0. The molecule has 0 aromatic heterocycles. The minimum atomic E-state index is -0.688. The molecule has 2 heteroatoms. The van der Waals surface area contributed by atoms with Crippen molar-refractivity contribution in [1.29, 1.82) is 0 Å². The molecule has 268 valence electrons. The van der Waals surface area contributed by atoms with Crippen LogP contribution >= 0.6 is 23.2 Å². The SMILES string of the molecule is CCCCCCCCCCc1ccc(C2(c3ccc(CCCCCCCCCC)cc3)CCCCC23CC2(CCCCC2)C3(Cl)Cl)cc1. The lowest BCUT2D eigenvalue weighted by Gasteiger charge is -2.74. The third kappa shape index (κ3) is 8.22. The number of halogens is 2. The second kappa shape index (κ2) is 18.5. The van der Waals surface area contributed by atoms with E-state index in [-0.39, 0.29) is 16.2 Å². The number of benzene rings is 2. The van der Waals surface area contributed by atoms with Crippen LogP contribution in [0.2, 0.25) is 0 Å². The molecule has 5 rings (SSSR count). The summed E-state index contributed by atoms with van der Waals surface area (Å²) in [7, 11) is 0. The maximum Gasteiger partial charge on any atom is 0.130 e. The zero-order valence-corrected chi connectivity index (χ0v) is 32.7. The van der Waals surface area contributed by atoms with Gasteiger partial charge in [-0.3, -0.25) is 0 Å². The van der Waals surface area contributed by atoms with Crippen LogP contribution in [0.5, 0.6) is 0 Å². The predicted molar refractivity (Wildman–Crippen MR) is 212 cm³/mol. The fourth-order valence-electron chi connectivity index (χ4n) is 10.7. The van der Waals surface area contributed by atoms with Gasteiger partial charge in [-0.05, 0) is 80.0 Å². The van der Waals surface area contributed by atoms with Gasteiger partial charge in [0.25, 0.3) is 0 Å². The van der Waals surface area contributed by atoms with Crippen LogP contribution in [0.25, 0.3) is 0 Å². The first-order chi connectivity index (χ1) is 23.4. The van der Waals surface area contributed by atoms with E-state index in [4.69, 9.17) is 23.2 Å². The van der Waals surface area contributed by atoms with Crippen LogP contribution < -0.4 is 0 Å². The third-order valence-corrected chi connectivity index (χ3v) is 15.0. The van der Waals surface area contributed by atoms with E-state index < -0.39 is 4.33 Å². The van der Waals surface area contributed by atoms with E-state index in [1.807, 2.05) is 0 Å². The van der Waals surface area contributed by atoms with Crippen LogP contribution in [0.15, 0.2) is 48.5 Å². The Balaban J connectivity index is 1.32. The molecule has 3 aliphatic carbocycles. The Bertz CT molecular complexity index is 1120. The van der Waals surface area contributed by atoms with Gasteiger partial charge in [0, 0.05) is 16.2 Å². The van der Waals surface area contributed by atoms with Gasteiger partial charge in [-0.1, -0.05) is 184 Å². The van der Waals surface area contributed by atoms with Crippen molar-refractivity contribution in [2.24, 2.45) is 10.8 Å². The zero-order chi connectivity index (χ0) is 33.8. The van der Waals surface area contributed by atoms with Crippen molar-refractivity contribution in [2.45, 2.75) is 203 Å². The Morgan fingerprint density at radius 2 is 0.854 bits per heavy atom. The Kier molecular flexibility index (Phi) is 14.7. The number of hydrogen-bond acceptors (Lipinski definition) is 0. The molecule has 48 heavy (non-hydrogen) atoms. The summed E-state index contributed by atoms with van der Waals surface area (Å²) in [6, 6.07) is 19.8. The average molecular weight is 694 g/mol. The highest BCUT2D eigenvalue weighted by molar-refractivity contribution is 6.50. The fraction of sp³-hybridized carbons (Fsp3) is 0.739. The van der Waals surface area contributed by atoms with E-state index >= 15 is 0 Å². The lowest BCUT2D eigenvalue weighted by Crippen LogP contribution is -2.73. The molecule has 0 amide bonds. The van der Waals surface area contributed by atoms with Gasteiger partial charge in [0.15, 0.2) is 0 Å². The molecule has 1 atom stereocenters. The van der Waals surface area contributed by atoms with E-state index in [1.54, 1.807) is 0 Å². The highest BCUT2D eigenvalue weighted by Gasteiger charge is 2.78. The maximum atomic E-state index is 7.86. The molecule has 0 radical (unpaired) electrons. The van der Waals surface area contributed by atoms with Crippen LogP contribution in [-0.2, 0) is 18.3 Å². The normalized spacial score (nSPS) is 22.6. The van der Waals surface area contributed by atoms with Crippen LogP contribution in [0, 0.1) is 10.8 Å². The van der Waals surface area contributed by atoms with E-state index in [9.17, 15) is 0 Å². The summed E-state index contributed by atoms with van der Waals surface area (Å²) in [6.45, 7) is 4.61. The van der Waals surface area contributed by atoms with Crippen LogP contribution in [0.4, 0.5) is 0 Å². The second-order valence-electron chi connectivity index (χ2n) is 16.6. The first kappa shape index (κ1) is 38.3. The molecule has 2 aromatic carbocycles. The lowest BCUT2D eigenvalue weighted by atomic mass is 9.35. The van der Waals surface area contributed by atoms with Crippen molar-refractivity contribution in [1.82, 2.24) is 0 Å². The smallest absolute Gasteiger partial charge is 0.100 e. The molecule has 0 heterocycles. The maximum absolute atomic E-state index is 7.86. The monoisotopic (exact) mass is 692 g/mol. The van der Waals surface area contributed by atoms with Crippen molar-refractivity contribution < 1.29 is 0 Å². The minimum Gasteiger partial charge on any atom is -0.100 e. The van der Waals surface area contributed by atoms with Crippen molar-refractivity contribution in [3.63, 3.8) is 0 Å². The van der Waals surface area contributed by atoms with Gasteiger partial charge < -0.3 is 0 Å². The average Bonchev–Trinajstić information content (AvgIpc) is 3.12. The molecule has 2 aromatic rings. The van der Waals surface area contributed by atoms with E-state index in [2.05, 4.69) is 62.4 Å². The molecule has 0 nitrogen and oxygen atoms in total. The van der Waals surface area contributed by atoms with Gasteiger partial charge >= 0.3 is 0 Å². The summed E-state index contributed by atoms with van der Waals surface area (Å²) in [5.74, 6) is 0. The first-order valence-corrected chi connectivity index (χ1v) is 21.8. The van der Waals surface area contributed by atoms with Crippen molar-refractivity contribution in [3.8, 4) is 0 Å². The summed E-state index contributed by atoms with van der Waals surface area (Å²) in [5.41, 5.74) is 5.76. The van der Waals surface area contributed by atoms with E-state index in [0.717, 1.165) is 12.8 Å². The molecule has 3 saturated carbocycles. The van der Waals surface area contributed by atoms with Gasteiger partial charge in [-0.15, -0.1) is 23.2 Å². The predicted octanol–water partition coefficient (Wildman–Crippen LogP) is 15.4. The third-order valence-electron chi connectivity index (χ3n) is 13.5. The molecule has 3 aliphatic rings. The molecular weight excluding hydrogens is 623 g/mol. The topological polar surface area (TPSA) is 0 Å². The summed E-state index contributed by atoms with van der Waals surface area (Å²) in [4.78, 5) is 0. The summed E-state index contributed by atoms with van der Waals surface area (Å²) >= 11 is 15.7. The highest BCUT2D eigenvalue weighted by Crippen LogP contribution is 2.81. The van der Waals surface area contributed by atoms with Crippen LogP contribution in [0.3, 0.4) is 0 Å². The van der Waals surface area contributed by atoms with Crippen LogP contribution in [-0.4, -0.2) is 4.33 Å². The van der Waals surface area contributed by atoms with Gasteiger partial charge in [0.05, 0.1) is 0 Å². The number of aryl methyl sites for hydroxylation is 2. The van der Waals surface area contributed by atoms with Gasteiger partial charge in [0.1, 0.15) is 4.33 Å². The first-order valence-electron chi connectivity index (χ1n) is 21.0. The second-order valence-corrected chi connectivity index (χ2v) is 18.0. The van der Waals surface area contributed by atoms with Crippen molar-refractivity contribution in [2.75, 3.05) is 0 Å². The molecule has 3 fully saturated rings. The highest BCUT2D eigenvalue weighted by atomic mass is 35.5. The number of alkyl halides is 2. The number of rotatable bonds is 20. The Morgan fingerprint density at radius 3 is 1.29 bits per heavy atom.